The van der Waals surface area contributed by atoms with Crippen molar-refractivity contribution >= 4 is 34.8 Å². The van der Waals surface area contributed by atoms with Crippen LogP contribution in [0.3, 0.4) is 0 Å². The Morgan fingerprint density at radius 1 is 0.659 bits per heavy atom. The molecule has 0 saturated heterocycles. The summed E-state index contributed by atoms with van der Waals surface area (Å²) in [5, 5.41) is 19.5. The van der Waals surface area contributed by atoms with Gasteiger partial charge >= 0.3 is 11.9 Å². The second-order valence-electron chi connectivity index (χ2n) is 10.9. The zero-order chi connectivity index (χ0) is 29.1. The number of rotatable bonds is 11. The van der Waals surface area contributed by atoms with E-state index in [1.54, 1.807) is 0 Å². The predicted octanol–water partition coefficient (Wildman–Crippen LogP) is 7.99. The summed E-state index contributed by atoms with van der Waals surface area (Å²) in [6.45, 7) is 3.70. The number of carbonyl (C=O) groups excluding carboxylic acids is 1. The van der Waals surface area contributed by atoms with Crippen LogP contribution in [0, 0.1) is 5.92 Å². The standard InChI is InChI=1S/C35H33NO5/c1-23(2)34(41)24-13-15-28-29-16-14-27(36(25-9-5-3-6-10-25)26-11-7-4-8-12-26)22-31(29)35(30(28)21-24,19-17-32(37)38)20-18-33(39)40/h3-16,21-23H,17-20H2,1-2H3,(H,37,38)(H,39,40). The van der Waals surface area contributed by atoms with Crippen molar-refractivity contribution in [1.82, 2.24) is 0 Å². The molecule has 5 rings (SSSR count). The third-order valence-electron chi connectivity index (χ3n) is 7.97. The van der Waals surface area contributed by atoms with Gasteiger partial charge in [0.1, 0.15) is 0 Å². The van der Waals surface area contributed by atoms with Crippen LogP contribution in [0.4, 0.5) is 17.1 Å². The number of hydrogen-bond donors (Lipinski definition) is 2. The number of aliphatic carboxylic acids is 2. The van der Waals surface area contributed by atoms with Crippen molar-refractivity contribution < 1.29 is 24.6 Å². The molecule has 0 unspecified atom stereocenters. The van der Waals surface area contributed by atoms with Gasteiger partial charge in [0.25, 0.3) is 0 Å². The molecule has 0 amide bonds. The summed E-state index contributed by atoms with van der Waals surface area (Å²) in [7, 11) is 0. The fraction of sp³-hybridized carbons (Fsp3) is 0.229. The molecule has 0 heterocycles. The average Bonchev–Trinajstić information content (AvgIpc) is 3.24. The molecule has 0 aliphatic heterocycles. The van der Waals surface area contributed by atoms with Gasteiger partial charge in [-0.05, 0) is 77.6 Å². The summed E-state index contributed by atoms with van der Waals surface area (Å²) in [4.78, 5) is 38.9. The van der Waals surface area contributed by atoms with Crippen molar-refractivity contribution in [3.05, 3.63) is 114 Å². The Morgan fingerprint density at radius 3 is 1.63 bits per heavy atom. The molecule has 1 aliphatic rings. The molecular weight excluding hydrogens is 514 g/mol. The molecule has 0 saturated carbocycles. The van der Waals surface area contributed by atoms with Gasteiger partial charge in [0, 0.05) is 46.8 Å². The number of ketones is 1. The van der Waals surface area contributed by atoms with Gasteiger partial charge in [-0.15, -0.1) is 0 Å². The van der Waals surface area contributed by atoms with Crippen LogP contribution >= 0.6 is 0 Å². The zero-order valence-electron chi connectivity index (χ0n) is 23.2. The first-order chi connectivity index (χ1) is 19.7. The molecule has 6 nitrogen and oxygen atoms in total. The van der Waals surface area contributed by atoms with Crippen molar-refractivity contribution in [2.45, 2.75) is 44.9 Å². The van der Waals surface area contributed by atoms with E-state index in [9.17, 15) is 24.6 Å². The summed E-state index contributed by atoms with van der Waals surface area (Å²) in [5.41, 5.74) is 6.02. The molecule has 0 radical (unpaired) electrons. The highest BCUT2D eigenvalue weighted by atomic mass is 16.4. The Kier molecular flexibility index (Phi) is 7.75. The van der Waals surface area contributed by atoms with E-state index in [1.165, 1.54) is 0 Å². The topological polar surface area (TPSA) is 94.9 Å². The van der Waals surface area contributed by atoms with Crippen molar-refractivity contribution in [3.63, 3.8) is 0 Å². The fourth-order valence-corrected chi connectivity index (χ4v) is 6.01. The molecule has 2 N–H and O–H groups in total. The minimum atomic E-state index is -0.949. The quantitative estimate of drug-likeness (QED) is 0.185. The Bertz CT molecular complexity index is 1540. The third-order valence-corrected chi connectivity index (χ3v) is 7.97. The van der Waals surface area contributed by atoms with E-state index >= 15 is 0 Å². The second-order valence-corrected chi connectivity index (χ2v) is 10.9. The van der Waals surface area contributed by atoms with E-state index < -0.39 is 17.4 Å². The van der Waals surface area contributed by atoms with Crippen molar-refractivity contribution in [2.24, 2.45) is 5.92 Å². The van der Waals surface area contributed by atoms with E-state index in [1.807, 2.05) is 105 Å². The number of Topliss-reactive ketones (excluding diaryl/α,β-unsaturated/α-hetero) is 1. The maximum atomic E-state index is 13.0. The van der Waals surface area contributed by atoms with Crippen LogP contribution in [-0.2, 0) is 15.0 Å². The Morgan fingerprint density at radius 2 is 1.15 bits per heavy atom. The predicted molar refractivity (Wildman–Crippen MR) is 160 cm³/mol. The monoisotopic (exact) mass is 547 g/mol. The molecule has 1 aliphatic carbocycles. The molecule has 0 bridgehead atoms. The van der Waals surface area contributed by atoms with Crippen LogP contribution in [0.1, 0.15) is 61.0 Å². The smallest absolute Gasteiger partial charge is 0.303 e. The van der Waals surface area contributed by atoms with Crippen LogP contribution in [0.2, 0.25) is 0 Å². The first-order valence-corrected chi connectivity index (χ1v) is 13.9. The lowest BCUT2D eigenvalue weighted by atomic mass is 9.70. The molecule has 0 aromatic heterocycles. The summed E-state index contributed by atoms with van der Waals surface area (Å²) < 4.78 is 0. The number of carbonyl (C=O) groups is 3. The van der Waals surface area contributed by atoms with Crippen LogP contribution in [-0.4, -0.2) is 27.9 Å². The third kappa shape index (κ3) is 5.38. The van der Waals surface area contributed by atoms with E-state index in [4.69, 9.17) is 0 Å². The largest absolute Gasteiger partial charge is 0.481 e. The average molecular weight is 548 g/mol. The lowest BCUT2D eigenvalue weighted by molar-refractivity contribution is -0.137. The highest BCUT2D eigenvalue weighted by Crippen LogP contribution is 2.55. The highest BCUT2D eigenvalue weighted by molar-refractivity contribution is 5.99. The van der Waals surface area contributed by atoms with Gasteiger partial charge in [-0.2, -0.15) is 0 Å². The Labute approximate surface area is 239 Å². The van der Waals surface area contributed by atoms with Gasteiger partial charge in [0.15, 0.2) is 5.78 Å². The second kappa shape index (κ2) is 11.4. The van der Waals surface area contributed by atoms with E-state index in [0.29, 0.717) is 5.56 Å². The van der Waals surface area contributed by atoms with Crippen LogP contribution in [0.15, 0.2) is 97.1 Å². The molecule has 4 aromatic rings. The SMILES string of the molecule is CC(C)C(=O)c1ccc2c(c1)C(CCC(=O)O)(CCC(=O)O)c1cc(N(c3ccccc3)c3ccccc3)ccc1-2. The highest BCUT2D eigenvalue weighted by Gasteiger charge is 2.44. The van der Waals surface area contributed by atoms with E-state index in [-0.39, 0.29) is 37.4 Å². The zero-order valence-corrected chi connectivity index (χ0v) is 23.2. The number of nitrogens with zero attached hydrogens (tertiary/aromatic N) is 1. The summed E-state index contributed by atoms with van der Waals surface area (Å²) >= 11 is 0. The fourth-order valence-electron chi connectivity index (χ4n) is 6.01. The van der Waals surface area contributed by atoms with Gasteiger partial charge in [-0.25, -0.2) is 0 Å². The number of para-hydroxylation sites is 2. The number of benzene rings is 4. The summed E-state index contributed by atoms with van der Waals surface area (Å²) in [6, 6.07) is 31.7. The Balaban J connectivity index is 1.75. The molecule has 0 atom stereocenters. The first-order valence-electron chi connectivity index (χ1n) is 13.9. The number of fused-ring (bicyclic) bond motifs is 3. The van der Waals surface area contributed by atoms with E-state index in [0.717, 1.165) is 39.3 Å². The van der Waals surface area contributed by atoms with Gasteiger partial charge < -0.3 is 15.1 Å². The maximum absolute atomic E-state index is 13.0. The van der Waals surface area contributed by atoms with Crippen molar-refractivity contribution in [3.8, 4) is 11.1 Å². The van der Waals surface area contributed by atoms with Crippen molar-refractivity contribution in [1.29, 1.82) is 0 Å². The van der Waals surface area contributed by atoms with Gasteiger partial charge in [-0.3, -0.25) is 14.4 Å². The molecular formula is C35H33NO5. The maximum Gasteiger partial charge on any atom is 0.303 e. The summed E-state index contributed by atoms with van der Waals surface area (Å²) in [6.07, 6.45) is 0.169. The molecule has 41 heavy (non-hydrogen) atoms. The molecule has 4 aromatic carbocycles. The molecule has 6 heteroatoms. The number of carboxylic acids is 2. The summed E-state index contributed by atoms with van der Waals surface area (Å²) in [5.74, 6) is -2.11. The van der Waals surface area contributed by atoms with Crippen LogP contribution in [0.25, 0.3) is 11.1 Å². The molecule has 208 valence electrons. The normalized spacial score (nSPS) is 13.0. The minimum absolute atomic E-state index is 0.00542. The lowest BCUT2D eigenvalue weighted by Crippen LogP contribution is -2.28. The van der Waals surface area contributed by atoms with Gasteiger partial charge in [0.2, 0.25) is 0 Å². The molecule has 0 fully saturated rings. The lowest BCUT2D eigenvalue weighted by Gasteiger charge is -2.33. The van der Waals surface area contributed by atoms with Crippen LogP contribution < -0.4 is 4.90 Å². The van der Waals surface area contributed by atoms with Gasteiger partial charge in [0.05, 0.1) is 0 Å². The van der Waals surface area contributed by atoms with Gasteiger partial charge in [-0.1, -0.05) is 68.4 Å². The Hall–Kier alpha value is -4.71. The van der Waals surface area contributed by atoms with E-state index in [2.05, 4.69) is 11.0 Å². The number of anilines is 3. The number of hydrogen-bond acceptors (Lipinski definition) is 4. The number of carboxylic acid groups (broad SMARTS) is 2. The molecule has 0 spiro atoms. The van der Waals surface area contributed by atoms with Crippen molar-refractivity contribution in [2.75, 3.05) is 4.90 Å². The van der Waals surface area contributed by atoms with Crippen LogP contribution in [0.5, 0.6) is 0 Å². The first kappa shape index (κ1) is 27.8. The minimum Gasteiger partial charge on any atom is -0.481 e.